The normalized spacial score (nSPS) is 11.4. The minimum absolute atomic E-state index is 0.185. The van der Waals surface area contributed by atoms with Gasteiger partial charge in [-0.3, -0.25) is 0 Å². The zero-order valence-electron chi connectivity index (χ0n) is 11.3. The van der Waals surface area contributed by atoms with E-state index in [0.717, 1.165) is 18.7 Å². The maximum absolute atomic E-state index is 12.0. The molecule has 1 rings (SSSR count). The van der Waals surface area contributed by atoms with E-state index in [1.54, 1.807) is 12.1 Å². The first-order valence-electron chi connectivity index (χ1n) is 6.49. The Morgan fingerprint density at radius 2 is 1.68 bits per heavy atom. The first kappa shape index (κ1) is 15.7. The van der Waals surface area contributed by atoms with Crippen molar-refractivity contribution in [1.82, 2.24) is 0 Å². The standard InChI is InChI=1S/C14H20F3NO/c1-3-4-5-6-11-18(2)12-7-9-13(10-8-12)19-14(15,16)17/h7-10H,3-6,11H2,1-2H3. The monoisotopic (exact) mass is 275 g/mol. The Balaban J connectivity index is 2.46. The summed E-state index contributed by atoms with van der Waals surface area (Å²) in [6, 6.07) is 5.96. The second kappa shape index (κ2) is 7.26. The zero-order valence-corrected chi connectivity index (χ0v) is 11.3. The molecule has 1 aromatic carbocycles. The van der Waals surface area contributed by atoms with E-state index < -0.39 is 6.36 Å². The van der Waals surface area contributed by atoms with Gasteiger partial charge in [-0.25, -0.2) is 0 Å². The van der Waals surface area contributed by atoms with Crippen LogP contribution in [0.25, 0.3) is 0 Å². The minimum atomic E-state index is -4.63. The van der Waals surface area contributed by atoms with Gasteiger partial charge in [-0.15, -0.1) is 13.2 Å². The van der Waals surface area contributed by atoms with Crippen LogP contribution in [-0.2, 0) is 0 Å². The average Bonchev–Trinajstić information content (AvgIpc) is 2.33. The number of hydrogen-bond donors (Lipinski definition) is 0. The van der Waals surface area contributed by atoms with Gasteiger partial charge in [0.2, 0.25) is 0 Å². The molecule has 0 N–H and O–H groups in total. The second-order valence-electron chi connectivity index (χ2n) is 4.52. The Morgan fingerprint density at radius 1 is 1.05 bits per heavy atom. The summed E-state index contributed by atoms with van der Waals surface area (Å²) < 4.78 is 39.9. The van der Waals surface area contributed by atoms with Crippen LogP contribution in [0.5, 0.6) is 5.75 Å². The van der Waals surface area contributed by atoms with Gasteiger partial charge in [0.1, 0.15) is 5.75 Å². The molecule has 0 aliphatic heterocycles. The summed E-state index contributed by atoms with van der Waals surface area (Å²) in [6.45, 7) is 3.06. The number of unbranched alkanes of at least 4 members (excludes halogenated alkanes) is 3. The van der Waals surface area contributed by atoms with E-state index in [1.165, 1.54) is 31.4 Å². The molecule has 0 aliphatic rings. The zero-order chi connectivity index (χ0) is 14.3. The van der Waals surface area contributed by atoms with Crippen LogP contribution in [0, 0.1) is 0 Å². The Bertz CT molecular complexity index is 362. The van der Waals surface area contributed by atoms with Crippen LogP contribution in [-0.4, -0.2) is 20.0 Å². The van der Waals surface area contributed by atoms with Crippen molar-refractivity contribution >= 4 is 5.69 Å². The van der Waals surface area contributed by atoms with Gasteiger partial charge in [0.05, 0.1) is 0 Å². The molecular formula is C14H20F3NO. The molecule has 0 saturated heterocycles. The molecule has 0 radical (unpaired) electrons. The van der Waals surface area contributed by atoms with Gasteiger partial charge >= 0.3 is 6.36 Å². The molecule has 0 heterocycles. The van der Waals surface area contributed by atoms with E-state index in [-0.39, 0.29) is 5.75 Å². The molecule has 19 heavy (non-hydrogen) atoms. The van der Waals surface area contributed by atoms with Crippen molar-refractivity contribution in [2.24, 2.45) is 0 Å². The summed E-state index contributed by atoms with van der Waals surface area (Å²) in [7, 11) is 1.94. The van der Waals surface area contributed by atoms with Gasteiger partial charge in [-0.1, -0.05) is 26.2 Å². The maximum Gasteiger partial charge on any atom is 0.573 e. The smallest absolute Gasteiger partial charge is 0.406 e. The fourth-order valence-corrected chi connectivity index (χ4v) is 1.81. The highest BCUT2D eigenvalue weighted by atomic mass is 19.4. The van der Waals surface area contributed by atoms with E-state index >= 15 is 0 Å². The van der Waals surface area contributed by atoms with E-state index in [9.17, 15) is 13.2 Å². The molecular weight excluding hydrogens is 255 g/mol. The molecule has 0 saturated carbocycles. The topological polar surface area (TPSA) is 12.5 Å². The van der Waals surface area contributed by atoms with Gasteiger partial charge in [-0.05, 0) is 30.7 Å². The fourth-order valence-electron chi connectivity index (χ4n) is 1.81. The van der Waals surface area contributed by atoms with Crippen LogP contribution in [0.1, 0.15) is 32.6 Å². The van der Waals surface area contributed by atoms with Crippen LogP contribution in [0.3, 0.4) is 0 Å². The third-order valence-corrected chi connectivity index (χ3v) is 2.86. The predicted molar refractivity (Wildman–Crippen MR) is 70.5 cm³/mol. The Morgan fingerprint density at radius 3 is 2.21 bits per heavy atom. The van der Waals surface area contributed by atoms with Crippen LogP contribution in [0.15, 0.2) is 24.3 Å². The van der Waals surface area contributed by atoms with Crippen molar-refractivity contribution in [3.8, 4) is 5.75 Å². The lowest BCUT2D eigenvalue weighted by atomic mass is 10.2. The molecule has 0 unspecified atom stereocenters. The number of nitrogens with zero attached hydrogens (tertiary/aromatic N) is 1. The van der Waals surface area contributed by atoms with Crippen molar-refractivity contribution in [3.63, 3.8) is 0 Å². The van der Waals surface area contributed by atoms with Gasteiger partial charge in [0.25, 0.3) is 0 Å². The van der Waals surface area contributed by atoms with Crippen LogP contribution >= 0.6 is 0 Å². The number of ether oxygens (including phenoxy) is 1. The summed E-state index contributed by atoms with van der Waals surface area (Å²) in [5, 5.41) is 0. The highest BCUT2D eigenvalue weighted by Gasteiger charge is 2.30. The highest BCUT2D eigenvalue weighted by molar-refractivity contribution is 5.48. The number of halogens is 3. The summed E-state index contributed by atoms with van der Waals surface area (Å²) in [4.78, 5) is 2.03. The summed E-state index contributed by atoms with van der Waals surface area (Å²) >= 11 is 0. The van der Waals surface area contributed by atoms with Gasteiger partial charge in [0, 0.05) is 19.3 Å². The predicted octanol–water partition coefficient (Wildman–Crippen LogP) is 4.60. The summed E-state index contributed by atoms with van der Waals surface area (Å²) in [5.74, 6) is -0.185. The van der Waals surface area contributed by atoms with E-state index in [0.29, 0.717) is 0 Å². The molecule has 0 bridgehead atoms. The molecule has 1 aromatic rings. The molecule has 108 valence electrons. The largest absolute Gasteiger partial charge is 0.573 e. The minimum Gasteiger partial charge on any atom is -0.406 e. The first-order valence-corrected chi connectivity index (χ1v) is 6.49. The van der Waals surface area contributed by atoms with Crippen molar-refractivity contribution in [2.45, 2.75) is 39.0 Å². The molecule has 5 heteroatoms. The van der Waals surface area contributed by atoms with Crippen molar-refractivity contribution in [2.75, 3.05) is 18.5 Å². The number of benzene rings is 1. The van der Waals surface area contributed by atoms with Crippen LogP contribution < -0.4 is 9.64 Å². The number of hydrogen-bond acceptors (Lipinski definition) is 2. The lowest BCUT2D eigenvalue weighted by molar-refractivity contribution is -0.274. The SMILES string of the molecule is CCCCCCN(C)c1ccc(OC(F)(F)F)cc1. The lowest BCUT2D eigenvalue weighted by Gasteiger charge is -2.19. The van der Waals surface area contributed by atoms with E-state index in [1.807, 2.05) is 11.9 Å². The van der Waals surface area contributed by atoms with E-state index in [4.69, 9.17) is 0 Å². The van der Waals surface area contributed by atoms with Gasteiger partial charge < -0.3 is 9.64 Å². The molecule has 0 spiro atoms. The Hall–Kier alpha value is -1.39. The molecule has 2 nitrogen and oxygen atoms in total. The van der Waals surface area contributed by atoms with E-state index in [2.05, 4.69) is 11.7 Å². The number of anilines is 1. The van der Waals surface area contributed by atoms with Gasteiger partial charge in [-0.2, -0.15) is 0 Å². The summed E-state index contributed by atoms with van der Waals surface area (Å²) in [6.07, 6.45) is 0.0359. The number of alkyl halides is 3. The third-order valence-electron chi connectivity index (χ3n) is 2.86. The quantitative estimate of drug-likeness (QED) is 0.674. The van der Waals surface area contributed by atoms with Crippen molar-refractivity contribution in [3.05, 3.63) is 24.3 Å². The molecule has 0 aromatic heterocycles. The fraction of sp³-hybridized carbons (Fsp3) is 0.571. The maximum atomic E-state index is 12.0. The molecule has 0 amide bonds. The average molecular weight is 275 g/mol. The Labute approximate surface area is 112 Å². The van der Waals surface area contributed by atoms with Crippen LogP contribution in [0.4, 0.5) is 18.9 Å². The van der Waals surface area contributed by atoms with Crippen molar-refractivity contribution < 1.29 is 17.9 Å². The summed E-state index contributed by atoms with van der Waals surface area (Å²) in [5.41, 5.74) is 0.894. The number of rotatable bonds is 7. The lowest BCUT2D eigenvalue weighted by Crippen LogP contribution is -2.19. The van der Waals surface area contributed by atoms with Crippen LogP contribution in [0.2, 0.25) is 0 Å². The van der Waals surface area contributed by atoms with Crippen molar-refractivity contribution in [1.29, 1.82) is 0 Å². The van der Waals surface area contributed by atoms with Gasteiger partial charge in [0.15, 0.2) is 0 Å². The Kier molecular flexibility index (Phi) is 5.99. The first-order chi connectivity index (χ1) is 8.92. The molecule has 0 atom stereocenters. The molecule has 0 aliphatic carbocycles. The molecule has 0 fully saturated rings. The third kappa shape index (κ3) is 6.36. The highest BCUT2D eigenvalue weighted by Crippen LogP contribution is 2.25. The second-order valence-corrected chi connectivity index (χ2v) is 4.52.